The standard InChI is InChI=1S/C26H36.C8H14.C7H16.C5H8O.C2H2/c1-8-10-11-12-21(5)26(7)24(17-19(3)9-2)18-25(26)22(6)23-15-13-20(4)14-16-23;1-4-6-8(3)7-5-2;1-4-6-7(3)5-2;1-3-5(2)4-6;1-2/h8,10-16,19,24H,5,9,17-18H2,1-4,6-7H3;4,6H,3,5,7H2,1-2H3;7H,4-6H2,1-3H3;3-4H,1-2H3;1-2H/b10-8-,12-11-,25-22+;6-4-;;5-3+;. The molecule has 0 bridgehead atoms. The second-order valence-electron chi connectivity index (χ2n) is 13.6. The first-order valence-electron chi connectivity index (χ1n) is 18.7. The summed E-state index contributed by atoms with van der Waals surface area (Å²) in [5.41, 5.74) is 9.02. The summed E-state index contributed by atoms with van der Waals surface area (Å²) < 4.78 is 0. The molecule has 0 N–H and O–H groups in total. The van der Waals surface area contributed by atoms with E-state index in [0.29, 0.717) is 5.92 Å². The first-order chi connectivity index (χ1) is 23.3. The molecule has 0 spiro atoms. The number of aldehydes is 1. The average molecular weight is 669 g/mol. The molecule has 1 aromatic carbocycles. The molecule has 0 aromatic heterocycles. The number of rotatable bonds is 14. The van der Waals surface area contributed by atoms with Crippen molar-refractivity contribution >= 4 is 11.9 Å². The predicted octanol–water partition coefficient (Wildman–Crippen LogP) is 15.1. The third kappa shape index (κ3) is 20.7. The molecule has 1 saturated carbocycles. The second-order valence-corrected chi connectivity index (χ2v) is 13.6. The Morgan fingerprint density at radius 1 is 0.898 bits per heavy atom. The smallest absolute Gasteiger partial charge is 0.145 e. The molecule has 274 valence electrons. The Labute approximate surface area is 306 Å². The molecule has 1 nitrogen and oxygen atoms in total. The van der Waals surface area contributed by atoms with Crippen LogP contribution in [-0.2, 0) is 4.79 Å². The van der Waals surface area contributed by atoms with Crippen molar-refractivity contribution < 1.29 is 4.79 Å². The van der Waals surface area contributed by atoms with Gasteiger partial charge in [-0.05, 0) is 101 Å². The van der Waals surface area contributed by atoms with Gasteiger partial charge >= 0.3 is 0 Å². The molecule has 2 rings (SSSR count). The molecule has 1 aliphatic carbocycles. The van der Waals surface area contributed by atoms with E-state index in [0.717, 1.165) is 30.1 Å². The van der Waals surface area contributed by atoms with Crippen LogP contribution in [0.5, 0.6) is 0 Å². The molecule has 0 heterocycles. The number of carbonyl (C=O) groups excluding carboxylic acids is 1. The Bertz CT molecular complexity index is 1210. The third-order valence-corrected chi connectivity index (χ3v) is 9.58. The summed E-state index contributed by atoms with van der Waals surface area (Å²) in [6.07, 6.45) is 33.3. The SMILES string of the molecule is C#C.C/C=C(\C)C=O.C=C(/C=C\C)CCC.C=C(/C=C\C=C/C)C1(C)/C(=C(\C)c2ccc(C)cc2)CC1CC(C)CC.CCCC(C)CC. The minimum atomic E-state index is 0.0798. The van der Waals surface area contributed by atoms with Crippen LogP contribution < -0.4 is 0 Å². The summed E-state index contributed by atoms with van der Waals surface area (Å²) in [7, 11) is 0. The highest BCUT2D eigenvalue weighted by atomic mass is 16.1. The van der Waals surface area contributed by atoms with E-state index in [-0.39, 0.29) is 5.41 Å². The lowest BCUT2D eigenvalue weighted by Crippen LogP contribution is -2.42. The van der Waals surface area contributed by atoms with Crippen LogP contribution in [0.1, 0.15) is 146 Å². The van der Waals surface area contributed by atoms with Crippen LogP contribution in [0.25, 0.3) is 5.57 Å². The number of aryl methyl sites for hydroxylation is 1. The normalized spacial score (nSPS) is 19.0. The highest BCUT2D eigenvalue weighted by molar-refractivity contribution is 5.72. The van der Waals surface area contributed by atoms with Gasteiger partial charge in [-0.2, -0.15) is 0 Å². The average Bonchev–Trinajstić information content (AvgIpc) is 3.11. The summed E-state index contributed by atoms with van der Waals surface area (Å²) in [6, 6.07) is 8.95. The third-order valence-electron chi connectivity index (χ3n) is 9.58. The summed E-state index contributed by atoms with van der Waals surface area (Å²) >= 11 is 0. The summed E-state index contributed by atoms with van der Waals surface area (Å²) in [5.74, 6) is 2.41. The zero-order valence-electron chi connectivity index (χ0n) is 34.3. The fourth-order valence-corrected chi connectivity index (χ4v) is 5.59. The quantitative estimate of drug-likeness (QED) is 0.0834. The molecular weight excluding hydrogens is 593 g/mol. The van der Waals surface area contributed by atoms with Crippen LogP contribution >= 0.6 is 0 Å². The lowest BCUT2D eigenvalue weighted by molar-refractivity contribution is -0.104. The number of terminal acetylenes is 1. The molecule has 4 atom stereocenters. The van der Waals surface area contributed by atoms with Crippen LogP contribution in [-0.4, -0.2) is 6.29 Å². The molecule has 49 heavy (non-hydrogen) atoms. The fraction of sp³-hybridized carbons (Fsp3) is 0.521. The van der Waals surface area contributed by atoms with Crippen molar-refractivity contribution in [1.29, 1.82) is 0 Å². The van der Waals surface area contributed by atoms with Crippen LogP contribution in [0.4, 0.5) is 0 Å². The zero-order chi connectivity index (χ0) is 38.4. The molecule has 0 aliphatic heterocycles. The van der Waals surface area contributed by atoms with Crippen LogP contribution in [0.2, 0.25) is 0 Å². The first-order valence-corrected chi connectivity index (χ1v) is 18.7. The summed E-state index contributed by atoms with van der Waals surface area (Å²) in [4.78, 5) is 9.67. The number of allylic oxidation sites excluding steroid dienone is 12. The second kappa shape index (κ2) is 30.7. The fourth-order valence-electron chi connectivity index (χ4n) is 5.59. The Balaban J connectivity index is -0.000000748. The molecule has 1 heteroatoms. The van der Waals surface area contributed by atoms with Gasteiger partial charge < -0.3 is 0 Å². The van der Waals surface area contributed by atoms with E-state index in [1.165, 1.54) is 72.8 Å². The van der Waals surface area contributed by atoms with Crippen molar-refractivity contribution in [1.82, 2.24) is 0 Å². The van der Waals surface area contributed by atoms with Gasteiger partial charge in [-0.1, -0.05) is 177 Å². The van der Waals surface area contributed by atoms with Crippen LogP contribution in [0, 0.1) is 42.9 Å². The van der Waals surface area contributed by atoms with E-state index >= 15 is 0 Å². The van der Waals surface area contributed by atoms with E-state index in [1.807, 2.05) is 19.9 Å². The maximum atomic E-state index is 9.67. The van der Waals surface area contributed by atoms with Gasteiger partial charge in [0.25, 0.3) is 0 Å². The summed E-state index contributed by atoms with van der Waals surface area (Å²) in [6.45, 7) is 36.5. The summed E-state index contributed by atoms with van der Waals surface area (Å²) in [5, 5.41) is 0. The first kappa shape index (κ1) is 50.0. The van der Waals surface area contributed by atoms with E-state index < -0.39 is 0 Å². The van der Waals surface area contributed by atoms with Crippen molar-refractivity contribution in [2.24, 2.45) is 23.2 Å². The Morgan fingerprint density at radius 3 is 1.86 bits per heavy atom. The largest absolute Gasteiger partial charge is 0.298 e. The van der Waals surface area contributed by atoms with E-state index in [1.54, 1.807) is 18.6 Å². The van der Waals surface area contributed by atoms with Gasteiger partial charge in [-0.3, -0.25) is 4.79 Å². The number of hydrogen-bond acceptors (Lipinski definition) is 1. The van der Waals surface area contributed by atoms with Gasteiger partial charge in [0, 0.05) is 5.41 Å². The number of hydrogen-bond donors (Lipinski definition) is 0. The molecule has 0 amide bonds. The molecule has 0 radical (unpaired) electrons. The van der Waals surface area contributed by atoms with Gasteiger partial charge in [0.2, 0.25) is 0 Å². The van der Waals surface area contributed by atoms with Crippen molar-refractivity contribution in [2.75, 3.05) is 0 Å². The van der Waals surface area contributed by atoms with Crippen molar-refractivity contribution in [2.45, 2.75) is 141 Å². The van der Waals surface area contributed by atoms with Crippen molar-refractivity contribution in [3.05, 3.63) is 113 Å². The topological polar surface area (TPSA) is 17.1 Å². The maximum absolute atomic E-state index is 9.67. The number of benzene rings is 1. The lowest BCUT2D eigenvalue weighted by atomic mass is 9.51. The minimum absolute atomic E-state index is 0.0798. The van der Waals surface area contributed by atoms with Gasteiger partial charge in [-0.15, -0.1) is 12.8 Å². The van der Waals surface area contributed by atoms with E-state index in [4.69, 9.17) is 0 Å². The monoisotopic (exact) mass is 669 g/mol. The molecular formula is C48H76O. The molecule has 1 aliphatic rings. The number of carbonyl (C=O) groups is 1. The molecule has 4 unspecified atom stereocenters. The van der Waals surface area contributed by atoms with Gasteiger partial charge in [0.05, 0.1) is 0 Å². The Morgan fingerprint density at radius 2 is 1.47 bits per heavy atom. The highest BCUT2D eigenvalue weighted by Gasteiger charge is 2.49. The lowest BCUT2D eigenvalue weighted by Gasteiger charge is -2.53. The van der Waals surface area contributed by atoms with Crippen molar-refractivity contribution in [3.8, 4) is 12.8 Å². The predicted molar refractivity (Wildman–Crippen MR) is 226 cm³/mol. The van der Waals surface area contributed by atoms with Crippen molar-refractivity contribution in [3.63, 3.8) is 0 Å². The molecule has 1 fully saturated rings. The maximum Gasteiger partial charge on any atom is 0.145 e. The Kier molecular flexibility index (Phi) is 31.3. The van der Waals surface area contributed by atoms with E-state index in [2.05, 4.69) is 150 Å². The van der Waals surface area contributed by atoms with E-state index in [9.17, 15) is 4.79 Å². The minimum Gasteiger partial charge on any atom is -0.298 e. The Hall–Kier alpha value is -3.37. The van der Waals surface area contributed by atoms with Gasteiger partial charge in [-0.25, -0.2) is 0 Å². The molecule has 0 saturated heterocycles. The zero-order valence-corrected chi connectivity index (χ0v) is 34.3. The van der Waals surface area contributed by atoms with Crippen LogP contribution in [0.3, 0.4) is 0 Å². The highest BCUT2D eigenvalue weighted by Crippen LogP contribution is 2.60. The molecule has 1 aromatic rings. The van der Waals surface area contributed by atoms with Gasteiger partial charge in [0.1, 0.15) is 6.29 Å². The van der Waals surface area contributed by atoms with Gasteiger partial charge in [0.15, 0.2) is 0 Å². The van der Waals surface area contributed by atoms with Crippen LogP contribution in [0.15, 0.2) is 102 Å².